The zero-order valence-corrected chi connectivity index (χ0v) is 56.9. The number of carbonyl (C=O) groups excluding carboxylic acids is 3. The average molecular weight is 1290 g/mol. The van der Waals surface area contributed by atoms with E-state index in [-0.39, 0.29) is 25.8 Å². The zero-order valence-electron chi connectivity index (χ0n) is 56.0. The van der Waals surface area contributed by atoms with E-state index in [2.05, 4.69) is 31.4 Å². The number of aliphatic hydroxyl groups excluding tert-OH is 6. The normalized spacial score (nSPS) is 23.4. The van der Waals surface area contributed by atoms with Gasteiger partial charge in [0.25, 0.3) is 0 Å². The Balaban J connectivity index is 2.06. The molecule has 0 bridgehead atoms. The Bertz CT molecular complexity index is 1760. The van der Waals surface area contributed by atoms with Gasteiger partial charge < -0.3 is 70.8 Å². The molecule has 0 aromatic heterocycles. The smallest absolute Gasteiger partial charge is 0.462 e. The minimum Gasteiger partial charge on any atom is -0.462 e. The molecule has 13 atom stereocenters. The van der Waals surface area contributed by atoms with E-state index in [4.69, 9.17) is 33.7 Å². The number of aliphatic hydroxyl groups is 6. The average Bonchev–Trinajstić information content (AvgIpc) is 1.80. The summed E-state index contributed by atoms with van der Waals surface area (Å²) < 4.78 is 47.1. The van der Waals surface area contributed by atoms with Crippen LogP contribution in [0.1, 0.15) is 316 Å². The Hall–Kier alpha value is -1.88. The molecule has 2 saturated heterocycles. The molecule has 2 amide bonds. The zero-order chi connectivity index (χ0) is 65.2. The van der Waals surface area contributed by atoms with Gasteiger partial charge in [0, 0.05) is 13.0 Å². The molecule has 20 nitrogen and oxygen atoms in total. The number of hydrogen-bond donors (Lipinski definition) is 10. The number of rotatable bonds is 60. The first kappa shape index (κ1) is 83.2. The molecule has 2 heterocycles. The van der Waals surface area contributed by atoms with Crippen LogP contribution >= 0.6 is 7.82 Å². The first-order chi connectivity index (χ1) is 43.1. The number of esters is 1. The summed E-state index contributed by atoms with van der Waals surface area (Å²) in [6, 6.07) is -3.16. The third-order valence-electron chi connectivity index (χ3n) is 17.7. The Morgan fingerprint density at radius 2 is 0.854 bits per heavy atom. The summed E-state index contributed by atoms with van der Waals surface area (Å²) in [6.07, 6.45) is 32.8. The summed E-state index contributed by atoms with van der Waals surface area (Å²) in [7, 11) is -4.99. The highest BCUT2D eigenvalue weighted by atomic mass is 31.2. The van der Waals surface area contributed by atoms with Crippen molar-refractivity contribution in [1.29, 1.82) is 0 Å². The minimum atomic E-state index is -4.99. The van der Waals surface area contributed by atoms with Crippen LogP contribution in [0.15, 0.2) is 0 Å². The molecule has 0 saturated carbocycles. The molecule has 0 aromatic rings. The summed E-state index contributed by atoms with van der Waals surface area (Å²) in [5.41, 5.74) is 5.49. The van der Waals surface area contributed by atoms with E-state index in [1.165, 1.54) is 173 Å². The van der Waals surface area contributed by atoms with Crippen molar-refractivity contribution in [2.24, 2.45) is 5.73 Å². The fourth-order valence-corrected chi connectivity index (χ4v) is 12.9. The number of phosphoric ester groups is 1. The molecule has 2 aliphatic heterocycles. The predicted molar refractivity (Wildman–Crippen MR) is 349 cm³/mol. The standard InChI is InChI=1S/C68H132N3O17P/c1-4-7-10-13-16-19-22-25-26-29-32-35-38-41-44-47-60(76)85-55(46-43-40-37-34-31-28-24-21-18-15-12-9-6-3)51-59(75)71-61-65(79)63(77)56(52-72)86-67(61)83-53-57-64(78)66(80)62(68(87-57)88-89(81,82)84-49-48-69)70-58(74)50-54(73)45-42-39-36-33-30-27-23-20-17-14-11-8-5-2/h54-57,61-68,72-73,77-80H,4-53,69H2,1-3H3,(H,70,74)(H,71,75)(H,81,82)/t54?,55?,56-,57-,61-,62-,63-,64-,65-,66-,67?,68?/m1/s1. The summed E-state index contributed by atoms with van der Waals surface area (Å²) in [5, 5.41) is 71.4. The molecule has 2 aliphatic rings. The predicted octanol–water partition coefficient (Wildman–Crippen LogP) is 12.2. The van der Waals surface area contributed by atoms with E-state index in [0.717, 1.165) is 77.0 Å². The number of phosphoric acid groups is 1. The molecule has 89 heavy (non-hydrogen) atoms. The lowest BCUT2D eigenvalue weighted by molar-refractivity contribution is -0.296. The molecule has 11 N–H and O–H groups in total. The van der Waals surface area contributed by atoms with Crippen molar-refractivity contribution in [3.63, 3.8) is 0 Å². The number of unbranched alkanes of at least 4 members (excludes halogenated alkanes) is 38. The van der Waals surface area contributed by atoms with Gasteiger partial charge in [-0.1, -0.05) is 271 Å². The maximum absolute atomic E-state index is 14.0. The van der Waals surface area contributed by atoms with Crippen LogP contribution in [0.2, 0.25) is 0 Å². The van der Waals surface area contributed by atoms with Gasteiger partial charge in [0.1, 0.15) is 54.8 Å². The van der Waals surface area contributed by atoms with Crippen LogP contribution in [0.4, 0.5) is 0 Å². The summed E-state index contributed by atoms with van der Waals surface area (Å²) in [6.45, 7) is 4.66. The maximum atomic E-state index is 14.0. The molecule has 0 spiro atoms. The Labute approximate surface area is 538 Å². The van der Waals surface area contributed by atoms with E-state index in [9.17, 15) is 54.5 Å². The number of hydrogen-bond acceptors (Lipinski definition) is 17. The first-order valence-electron chi connectivity index (χ1n) is 36.2. The van der Waals surface area contributed by atoms with E-state index in [1.807, 2.05) is 0 Å². The second-order valence-corrected chi connectivity index (χ2v) is 27.3. The van der Waals surface area contributed by atoms with E-state index in [1.54, 1.807) is 0 Å². The van der Waals surface area contributed by atoms with Crippen molar-refractivity contribution in [1.82, 2.24) is 10.6 Å². The Morgan fingerprint density at radius 1 is 0.494 bits per heavy atom. The van der Waals surface area contributed by atoms with Crippen LogP contribution in [0.25, 0.3) is 0 Å². The second-order valence-electron chi connectivity index (χ2n) is 25.9. The van der Waals surface area contributed by atoms with Crippen LogP contribution < -0.4 is 16.4 Å². The maximum Gasteiger partial charge on any atom is 0.474 e. The highest BCUT2D eigenvalue weighted by Crippen LogP contribution is 2.46. The molecule has 526 valence electrons. The van der Waals surface area contributed by atoms with Crippen LogP contribution in [0.3, 0.4) is 0 Å². The fraction of sp³-hybridized carbons (Fsp3) is 0.956. The third kappa shape index (κ3) is 40.9. The summed E-state index contributed by atoms with van der Waals surface area (Å²) in [4.78, 5) is 51.3. The molecular formula is C68H132N3O17P. The number of nitrogens with two attached hydrogens (primary N) is 1. The molecule has 0 radical (unpaired) electrons. The van der Waals surface area contributed by atoms with Gasteiger partial charge in [0.15, 0.2) is 12.6 Å². The van der Waals surface area contributed by atoms with Crippen LogP contribution in [-0.2, 0) is 46.9 Å². The highest BCUT2D eigenvalue weighted by Gasteiger charge is 2.50. The van der Waals surface area contributed by atoms with Gasteiger partial charge in [-0.15, -0.1) is 0 Å². The lowest BCUT2D eigenvalue weighted by atomic mass is 9.95. The second kappa shape index (κ2) is 54.4. The van der Waals surface area contributed by atoms with Gasteiger partial charge in [0.2, 0.25) is 11.8 Å². The fourth-order valence-electron chi connectivity index (χ4n) is 12.1. The lowest BCUT2D eigenvalue weighted by Crippen LogP contribution is -2.66. The minimum absolute atomic E-state index is 0.159. The first-order valence-corrected chi connectivity index (χ1v) is 37.7. The molecular weight excluding hydrogens is 1160 g/mol. The molecule has 5 unspecified atom stereocenters. The molecule has 21 heteroatoms. The molecule has 0 aromatic carbocycles. The van der Waals surface area contributed by atoms with E-state index >= 15 is 0 Å². The number of carbonyl (C=O) groups is 3. The number of ether oxygens (including phenoxy) is 4. The summed E-state index contributed by atoms with van der Waals surface area (Å²) in [5.74, 6) is -1.80. The summed E-state index contributed by atoms with van der Waals surface area (Å²) >= 11 is 0. The van der Waals surface area contributed by atoms with Crippen molar-refractivity contribution in [3.8, 4) is 0 Å². The van der Waals surface area contributed by atoms with Gasteiger partial charge in [0.05, 0.1) is 38.8 Å². The van der Waals surface area contributed by atoms with Crippen molar-refractivity contribution < 1.29 is 82.5 Å². The Morgan fingerprint density at radius 3 is 1.27 bits per heavy atom. The SMILES string of the molecule is CCCCCCCCCCCCCCCCCC(=O)OC(CCCCCCCCCCCCCCC)CC(=O)N[C@H]1C(OC[C@H]2OC(OP(=O)(O)OCCN)[C@H](NC(=O)CC(O)CCCCCCCCCCCCCCC)[C@@H](O)[C@@H]2O)O[C@H](CO)[C@@H](O)[C@@H]1O. The van der Waals surface area contributed by atoms with Gasteiger partial charge in [-0.05, 0) is 25.7 Å². The van der Waals surface area contributed by atoms with Crippen LogP contribution in [-0.4, -0.2) is 153 Å². The molecule has 0 aliphatic carbocycles. The number of amides is 2. The molecule has 2 fully saturated rings. The Kier molecular flexibility index (Phi) is 50.8. The third-order valence-corrected chi connectivity index (χ3v) is 18.6. The van der Waals surface area contributed by atoms with Crippen molar-refractivity contribution in [2.75, 3.05) is 26.4 Å². The van der Waals surface area contributed by atoms with Crippen molar-refractivity contribution >= 4 is 25.6 Å². The van der Waals surface area contributed by atoms with Gasteiger partial charge in [-0.25, -0.2) is 4.57 Å². The van der Waals surface area contributed by atoms with Gasteiger partial charge >= 0.3 is 13.8 Å². The topological polar surface area (TPSA) is 315 Å². The van der Waals surface area contributed by atoms with E-state index in [0.29, 0.717) is 25.7 Å². The number of nitrogens with one attached hydrogen (secondary N) is 2. The lowest BCUT2D eigenvalue weighted by Gasteiger charge is -2.45. The van der Waals surface area contributed by atoms with Crippen LogP contribution in [0.5, 0.6) is 0 Å². The molecule has 2 rings (SSSR count). The quantitative estimate of drug-likeness (QED) is 0.0154. The van der Waals surface area contributed by atoms with Crippen molar-refractivity contribution in [2.45, 2.75) is 390 Å². The monoisotopic (exact) mass is 1290 g/mol. The van der Waals surface area contributed by atoms with Crippen LogP contribution in [0, 0.1) is 0 Å². The van der Waals surface area contributed by atoms with Crippen molar-refractivity contribution in [3.05, 3.63) is 0 Å². The largest absolute Gasteiger partial charge is 0.474 e. The highest BCUT2D eigenvalue weighted by molar-refractivity contribution is 7.47. The van der Waals surface area contributed by atoms with Gasteiger partial charge in [-0.3, -0.25) is 23.4 Å². The van der Waals surface area contributed by atoms with Gasteiger partial charge in [-0.2, -0.15) is 0 Å². The van der Waals surface area contributed by atoms with E-state index < -0.39 is 119 Å².